The van der Waals surface area contributed by atoms with Gasteiger partial charge in [0.2, 0.25) is 10.0 Å². The molecule has 2 aromatic heterocycles. The lowest BCUT2D eigenvalue weighted by Crippen LogP contribution is -2.11. The first-order chi connectivity index (χ1) is 7.61. The fourth-order valence-corrected chi connectivity index (χ4v) is 1.30. The quantitative estimate of drug-likeness (QED) is 0.795. The Labute approximate surface area is 94.0 Å². The van der Waals surface area contributed by atoms with E-state index >= 15 is 0 Å². The summed E-state index contributed by atoms with van der Waals surface area (Å²) in [5, 5.41) is 4.79. The van der Waals surface area contributed by atoms with Gasteiger partial charge in [0.25, 0.3) is 0 Å². The average molecular weight is 237 g/mol. The third kappa shape index (κ3) is 4.63. The summed E-state index contributed by atoms with van der Waals surface area (Å²) in [5.74, 6) is 0. The zero-order chi connectivity index (χ0) is 11.9. The van der Waals surface area contributed by atoms with Crippen molar-refractivity contribution in [1.82, 2.24) is 9.97 Å². The van der Waals surface area contributed by atoms with Crippen LogP contribution in [0.5, 0.6) is 0 Å². The van der Waals surface area contributed by atoms with Crippen LogP contribution in [0.1, 0.15) is 0 Å². The summed E-state index contributed by atoms with van der Waals surface area (Å²) in [4.78, 5) is 7.41. The Morgan fingerprint density at radius 3 is 1.81 bits per heavy atom. The summed E-state index contributed by atoms with van der Waals surface area (Å²) in [6, 6.07) is 8.62. The number of hydrogen-bond acceptors (Lipinski definition) is 4. The number of nitrogens with zero attached hydrogens (tertiary/aromatic N) is 2. The van der Waals surface area contributed by atoms with Gasteiger partial charge in [-0.3, -0.25) is 9.97 Å². The van der Waals surface area contributed by atoms with Crippen LogP contribution in [0.15, 0.2) is 60.0 Å². The summed E-state index contributed by atoms with van der Waals surface area (Å²) in [6.45, 7) is 0. The average Bonchev–Trinajstić information content (AvgIpc) is 2.32. The lowest BCUT2D eigenvalue weighted by molar-refractivity contribution is 0.597. The second-order valence-corrected chi connectivity index (χ2v) is 4.32. The Hall–Kier alpha value is -1.79. The highest BCUT2D eigenvalue weighted by Crippen LogP contribution is 2.00. The second-order valence-electron chi connectivity index (χ2n) is 2.76. The van der Waals surface area contributed by atoms with Crippen LogP contribution < -0.4 is 5.14 Å². The van der Waals surface area contributed by atoms with Gasteiger partial charge in [-0.15, -0.1) is 0 Å². The van der Waals surface area contributed by atoms with Crippen molar-refractivity contribution < 1.29 is 8.42 Å². The van der Waals surface area contributed by atoms with E-state index in [0.717, 1.165) is 0 Å². The maximum atomic E-state index is 10.6. The number of pyridine rings is 2. The molecule has 6 heteroatoms. The molecule has 0 aliphatic heterocycles. The molecule has 0 aliphatic rings. The molecular formula is C10H11N3O2S. The third-order valence-corrected chi connectivity index (χ3v) is 2.43. The molecule has 0 spiro atoms. The second kappa shape index (κ2) is 5.94. The van der Waals surface area contributed by atoms with Gasteiger partial charge in [0.1, 0.15) is 4.90 Å². The maximum absolute atomic E-state index is 10.6. The molecule has 2 rings (SSSR count). The van der Waals surface area contributed by atoms with Crippen LogP contribution in [0.25, 0.3) is 0 Å². The van der Waals surface area contributed by atoms with E-state index in [-0.39, 0.29) is 4.90 Å². The van der Waals surface area contributed by atoms with Gasteiger partial charge in [-0.25, -0.2) is 13.6 Å². The summed E-state index contributed by atoms with van der Waals surface area (Å²) < 4.78 is 21.1. The normalized spacial score (nSPS) is 10.1. The van der Waals surface area contributed by atoms with Gasteiger partial charge in [0, 0.05) is 24.8 Å². The number of aromatic nitrogens is 2. The zero-order valence-corrected chi connectivity index (χ0v) is 9.21. The van der Waals surface area contributed by atoms with Gasteiger partial charge in [0.05, 0.1) is 0 Å². The van der Waals surface area contributed by atoms with Gasteiger partial charge in [-0.05, 0) is 24.3 Å². The smallest absolute Gasteiger partial charge is 0.239 e. The van der Waals surface area contributed by atoms with Gasteiger partial charge < -0.3 is 0 Å². The molecule has 16 heavy (non-hydrogen) atoms. The fourth-order valence-electron chi connectivity index (χ4n) is 0.828. The molecule has 5 nitrogen and oxygen atoms in total. The van der Waals surface area contributed by atoms with E-state index < -0.39 is 10.0 Å². The Bertz CT molecular complexity index is 473. The minimum Gasteiger partial charge on any atom is -0.265 e. The molecule has 0 bridgehead atoms. The van der Waals surface area contributed by atoms with E-state index in [1.54, 1.807) is 12.4 Å². The van der Waals surface area contributed by atoms with Crippen molar-refractivity contribution >= 4 is 10.0 Å². The fraction of sp³-hybridized carbons (Fsp3) is 0. The molecule has 0 saturated carbocycles. The Kier molecular flexibility index (Phi) is 4.56. The first-order valence-electron chi connectivity index (χ1n) is 4.38. The minimum absolute atomic E-state index is 0.0370. The van der Waals surface area contributed by atoms with E-state index in [2.05, 4.69) is 9.97 Å². The van der Waals surface area contributed by atoms with Crippen molar-refractivity contribution in [3.8, 4) is 0 Å². The van der Waals surface area contributed by atoms with Crippen molar-refractivity contribution in [2.75, 3.05) is 0 Å². The lowest BCUT2D eigenvalue weighted by Gasteiger charge is -1.92. The Morgan fingerprint density at radius 2 is 1.56 bits per heavy atom. The topological polar surface area (TPSA) is 85.9 Å². The van der Waals surface area contributed by atoms with Crippen LogP contribution in [-0.2, 0) is 10.0 Å². The molecule has 0 unspecified atom stereocenters. The summed E-state index contributed by atoms with van der Waals surface area (Å²) in [6.07, 6.45) is 6.18. The van der Waals surface area contributed by atoms with E-state index in [4.69, 9.17) is 5.14 Å². The van der Waals surface area contributed by atoms with E-state index in [1.165, 1.54) is 24.5 Å². The molecule has 2 N–H and O–H groups in total. The molecule has 0 fully saturated rings. The van der Waals surface area contributed by atoms with Crippen molar-refractivity contribution in [3.63, 3.8) is 0 Å². The highest BCUT2D eigenvalue weighted by molar-refractivity contribution is 7.89. The number of sulfonamides is 1. The molecule has 0 atom stereocenters. The summed E-state index contributed by atoms with van der Waals surface area (Å²) >= 11 is 0. The van der Waals surface area contributed by atoms with Gasteiger partial charge in [-0.1, -0.05) is 6.07 Å². The maximum Gasteiger partial charge on any atom is 0.239 e. The van der Waals surface area contributed by atoms with Crippen molar-refractivity contribution in [2.24, 2.45) is 5.14 Å². The molecule has 0 aromatic carbocycles. The van der Waals surface area contributed by atoms with Crippen LogP contribution in [-0.4, -0.2) is 18.4 Å². The molecule has 0 amide bonds. The van der Waals surface area contributed by atoms with Gasteiger partial charge in [0.15, 0.2) is 0 Å². The lowest BCUT2D eigenvalue weighted by atomic mass is 10.5. The molecule has 0 aliphatic carbocycles. The van der Waals surface area contributed by atoms with Crippen LogP contribution in [0, 0.1) is 0 Å². The zero-order valence-electron chi connectivity index (χ0n) is 8.39. The van der Waals surface area contributed by atoms with Crippen LogP contribution >= 0.6 is 0 Å². The summed E-state index contributed by atoms with van der Waals surface area (Å²) in [5.41, 5.74) is 0. The molecule has 2 heterocycles. The molecular weight excluding hydrogens is 226 g/mol. The largest absolute Gasteiger partial charge is 0.265 e. The first kappa shape index (κ1) is 12.3. The van der Waals surface area contributed by atoms with Crippen LogP contribution in [0.4, 0.5) is 0 Å². The monoisotopic (exact) mass is 237 g/mol. The van der Waals surface area contributed by atoms with Crippen molar-refractivity contribution in [2.45, 2.75) is 4.90 Å². The SMILES string of the molecule is NS(=O)(=O)c1cccnc1.c1ccncc1. The van der Waals surface area contributed by atoms with E-state index in [9.17, 15) is 8.42 Å². The molecule has 84 valence electrons. The predicted molar refractivity (Wildman–Crippen MR) is 59.8 cm³/mol. The highest BCUT2D eigenvalue weighted by atomic mass is 32.2. The van der Waals surface area contributed by atoms with Gasteiger partial charge in [-0.2, -0.15) is 0 Å². The summed E-state index contributed by atoms with van der Waals surface area (Å²) in [7, 11) is -3.57. The van der Waals surface area contributed by atoms with E-state index in [0.29, 0.717) is 0 Å². The third-order valence-electron chi connectivity index (χ3n) is 1.53. The van der Waals surface area contributed by atoms with Gasteiger partial charge >= 0.3 is 0 Å². The van der Waals surface area contributed by atoms with Crippen molar-refractivity contribution in [3.05, 3.63) is 55.1 Å². The number of primary sulfonamides is 1. The van der Waals surface area contributed by atoms with E-state index in [1.807, 2.05) is 18.2 Å². The Balaban J connectivity index is 0.000000181. The Morgan fingerprint density at radius 1 is 0.938 bits per heavy atom. The first-order valence-corrected chi connectivity index (χ1v) is 5.93. The number of hydrogen-bond donors (Lipinski definition) is 1. The van der Waals surface area contributed by atoms with Crippen LogP contribution in [0.2, 0.25) is 0 Å². The standard InChI is InChI=1S/C5H6N2O2S.C5H5N/c6-10(8,9)5-2-1-3-7-4-5;1-2-4-6-5-3-1/h1-4H,(H2,6,8,9);1-5H. The number of nitrogens with two attached hydrogens (primary N) is 1. The number of rotatable bonds is 1. The highest BCUT2D eigenvalue weighted by Gasteiger charge is 2.04. The minimum atomic E-state index is -3.57. The molecule has 2 aromatic rings. The predicted octanol–water partition coefficient (Wildman–Crippen LogP) is 0.811. The van der Waals surface area contributed by atoms with Crippen molar-refractivity contribution in [1.29, 1.82) is 0 Å². The van der Waals surface area contributed by atoms with Crippen LogP contribution in [0.3, 0.4) is 0 Å². The molecule has 0 radical (unpaired) electrons. The molecule has 0 saturated heterocycles.